The topological polar surface area (TPSA) is 73.0 Å². The Hall–Kier alpha value is -1.92. The van der Waals surface area contributed by atoms with Gasteiger partial charge in [-0.2, -0.15) is 5.10 Å². The Balaban J connectivity index is 1.73. The summed E-state index contributed by atoms with van der Waals surface area (Å²) in [5.74, 6) is 0. The van der Waals surface area contributed by atoms with Crippen molar-refractivity contribution in [3.63, 3.8) is 0 Å². The van der Waals surface area contributed by atoms with Crippen LogP contribution in [-0.2, 0) is 13.1 Å². The Bertz CT molecular complexity index is 667. The molecule has 0 saturated heterocycles. The van der Waals surface area contributed by atoms with Crippen LogP contribution in [-0.4, -0.2) is 20.7 Å². The van der Waals surface area contributed by atoms with Gasteiger partial charge in [0.15, 0.2) is 0 Å². The van der Waals surface area contributed by atoms with Crippen molar-refractivity contribution in [2.24, 2.45) is 0 Å². The van der Waals surface area contributed by atoms with Gasteiger partial charge >= 0.3 is 0 Å². The maximum atomic E-state index is 11.0. The Labute approximate surface area is 126 Å². The van der Waals surface area contributed by atoms with Crippen LogP contribution in [0.25, 0.3) is 0 Å². The molecule has 6 nitrogen and oxygen atoms in total. The number of nitro benzene ring substituents is 1. The summed E-state index contributed by atoms with van der Waals surface area (Å²) in [5, 5.41) is 19.2. The van der Waals surface area contributed by atoms with Gasteiger partial charge in [0.05, 0.1) is 23.2 Å². The number of nitrogens with one attached hydrogen (secondary N) is 1. The SMILES string of the molecule is O=[N+]([O-])c1ccc(Cl)cc1Cn1cc(CNC2CC2)cn1. The third kappa shape index (κ3) is 3.59. The van der Waals surface area contributed by atoms with E-state index in [9.17, 15) is 10.1 Å². The van der Waals surface area contributed by atoms with E-state index in [0.29, 0.717) is 23.2 Å². The zero-order chi connectivity index (χ0) is 14.8. The highest BCUT2D eigenvalue weighted by atomic mass is 35.5. The van der Waals surface area contributed by atoms with E-state index in [1.54, 1.807) is 16.9 Å². The van der Waals surface area contributed by atoms with E-state index in [-0.39, 0.29) is 5.69 Å². The first-order chi connectivity index (χ1) is 10.1. The molecule has 7 heteroatoms. The molecule has 2 aromatic rings. The Morgan fingerprint density at radius 2 is 2.29 bits per heavy atom. The number of nitro groups is 1. The second-order valence-corrected chi connectivity index (χ2v) is 5.67. The van der Waals surface area contributed by atoms with Gasteiger partial charge in [-0.05, 0) is 25.0 Å². The first kappa shape index (κ1) is 14.0. The molecule has 1 aromatic heterocycles. The third-order valence-electron chi connectivity index (χ3n) is 3.43. The van der Waals surface area contributed by atoms with Crippen LogP contribution in [0, 0.1) is 10.1 Å². The molecule has 0 amide bonds. The largest absolute Gasteiger partial charge is 0.310 e. The van der Waals surface area contributed by atoms with Gasteiger partial charge in [0.25, 0.3) is 5.69 Å². The fourth-order valence-electron chi connectivity index (χ4n) is 2.17. The summed E-state index contributed by atoms with van der Waals surface area (Å²) in [7, 11) is 0. The minimum Gasteiger partial charge on any atom is -0.310 e. The molecule has 3 rings (SSSR count). The highest BCUT2D eigenvalue weighted by molar-refractivity contribution is 6.30. The number of hydrogen-bond acceptors (Lipinski definition) is 4. The number of aromatic nitrogens is 2. The van der Waals surface area contributed by atoms with E-state index in [1.807, 2.05) is 6.20 Å². The van der Waals surface area contributed by atoms with E-state index in [1.165, 1.54) is 25.0 Å². The number of nitrogens with zero attached hydrogens (tertiary/aromatic N) is 3. The summed E-state index contributed by atoms with van der Waals surface area (Å²) < 4.78 is 1.70. The summed E-state index contributed by atoms with van der Waals surface area (Å²) >= 11 is 5.92. The smallest absolute Gasteiger partial charge is 0.274 e. The lowest BCUT2D eigenvalue weighted by Gasteiger charge is -2.04. The van der Waals surface area contributed by atoms with Crippen molar-refractivity contribution in [2.45, 2.75) is 32.0 Å². The van der Waals surface area contributed by atoms with Crippen LogP contribution < -0.4 is 5.32 Å². The zero-order valence-corrected chi connectivity index (χ0v) is 12.1. The molecule has 1 aromatic carbocycles. The van der Waals surface area contributed by atoms with E-state index >= 15 is 0 Å². The molecule has 1 aliphatic carbocycles. The maximum absolute atomic E-state index is 11.0. The first-order valence-corrected chi connectivity index (χ1v) is 7.17. The van der Waals surface area contributed by atoms with Crippen molar-refractivity contribution >= 4 is 17.3 Å². The lowest BCUT2D eigenvalue weighted by molar-refractivity contribution is -0.385. The molecule has 0 radical (unpaired) electrons. The van der Waals surface area contributed by atoms with Crippen LogP contribution in [0.1, 0.15) is 24.0 Å². The number of hydrogen-bond donors (Lipinski definition) is 1. The van der Waals surface area contributed by atoms with Crippen molar-refractivity contribution in [1.29, 1.82) is 0 Å². The second-order valence-electron chi connectivity index (χ2n) is 5.23. The van der Waals surface area contributed by atoms with Crippen molar-refractivity contribution < 1.29 is 4.92 Å². The van der Waals surface area contributed by atoms with Gasteiger partial charge in [-0.3, -0.25) is 14.8 Å². The van der Waals surface area contributed by atoms with E-state index in [0.717, 1.165) is 12.1 Å². The Kier molecular flexibility index (Phi) is 3.90. The molecular formula is C14H15ClN4O2. The summed E-state index contributed by atoms with van der Waals surface area (Å²) in [5.41, 5.74) is 1.69. The Morgan fingerprint density at radius 3 is 3.00 bits per heavy atom. The predicted molar refractivity (Wildman–Crippen MR) is 79.3 cm³/mol. The molecule has 0 spiro atoms. The van der Waals surface area contributed by atoms with Crippen LogP contribution in [0.5, 0.6) is 0 Å². The summed E-state index contributed by atoms with van der Waals surface area (Å²) in [6.07, 6.45) is 6.16. The van der Waals surface area contributed by atoms with Crippen molar-refractivity contribution in [3.8, 4) is 0 Å². The van der Waals surface area contributed by atoms with E-state index in [4.69, 9.17) is 11.6 Å². The van der Waals surface area contributed by atoms with Gasteiger partial charge in [-0.25, -0.2) is 0 Å². The highest BCUT2D eigenvalue weighted by Gasteiger charge is 2.20. The fraction of sp³-hybridized carbons (Fsp3) is 0.357. The number of benzene rings is 1. The quantitative estimate of drug-likeness (QED) is 0.658. The molecule has 0 unspecified atom stereocenters. The van der Waals surface area contributed by atoms with E-state index in [2.05, 4.69) is 10.4 Å². The summed E-state index contributed by atoms with van der Waals surface area (Å²) in [6.45, 7) is 1.11. The molecule has 0 aliphatic heterocycles. The average molecular weight is 307 g/mol. The third-order valence-corrected chi connectivity index (χ3v) is 3.66. The normalized spacial score (nSPS) is 14.3. The Morgan fingerprint density at radius 1 is 1.48 bits per heavy atom. The van der Waals surface area contributed by atoms with Crippen LogP contribution in [0.15, 0.2) is 30.6 Å². The summed E-state index contributed by atoms with van der Waals surface area (Å²) in [4.78, 5) is 10.6. The van der Waals surface area contributed by atoms with Gasteiger partial charge in [0.2, 0.25) is 0 Å². The molecule has 110 valence electrons. The van der Waals surface area contributed by atoms with Gasteiger partial charge in [-0.15, -0.1) is 0 Å². The number of halogens is 1. The summed E-state index contributed by atoms with van der Waals surface area (Å²) in [6, 6.07) is 5.21. The van der Waals surface area contributed by atoms with Crippen molar-refractivity contribution in [2.75, 3.05) is 0 Å². The van der Waals surface area contributed by atoms with Crippen LogP contribution in [0.3, 0.4) is 0 Å². The minimum absolute atomic E-state index is 0.0626. The van der Waals surface area contributed by atoms with Gasteiger partial charge in [-0.1, -0.05) is 11.6 Å². The first-order valence-electron chi connectivity index (χ1n) is 6.79. The fourth-order valence-corrected chi connectivity index (χ4v) is 2.36. The molecule has 21 heavy (non-hydrogen) atoms. The van der Waals surface area contributed by atoms with Crippen molar-refractivity contribution in [3.05, 3.63) is 56.9 Å². The van der Waals surface area contributed by atoms with Gasteiger partial charge < -0.3 is 5.32 Å². The maximum Gasteiger partial charge on any atom is 0.274 e. The monoisotopic (exact) mass is 306 g/mol. The predicted octanol–water partition coefficient (Wildman–Crippen LogP) is 2.75. The van der Waals surface area contributed by atoms with Gasteiger partial charge in [0.1, 0.15) is 0 Å². The van der Waals surface area contributed by atoms with Crippen molar-refractivity contribution in [1.82, 2.24) is 15.1 Å². The molecule has 0 atom stereocenters. The molecule has 1 heterocycles. The second kappa shape index (κ2) is 5.83. The molecule has 0 bridgehead atoms. The molecule has 1 fully saturated rings. The van der Waals surface area contributed by atoms with E-state index < -0.39 is 4.92 Å². The molecule has 1 aliphatic rings. The van der Waals surface area contributed by atoms with Crippen LogP contribution in [0.2, 0.25) is 5.02 Å². The molecular weight excluding hydrogens is 292 g/mol. The minimum atomic E-state index is -0.398. The van der Waals surface area contributed by atoms with Gasteiger partial charge in [0, 0.05) is 35.4 Å². The molecule has 1 saturated carbocycles. The highest BCUT2D eigenvalue weighted by Crippen LogP contribution is 2.23. The standard InChI is InChI=1S/C14H15ClN4O2/c15-12-1-4-14(19(20)21)11(5-12)9-18-8-10(7-17-18)6-16-13-2-3-13/h1,4-5,7-8,13,16H,2-3,6,9H2. The lowest BCUT2D eigenvalue weighted by Crippen LogP contribution is -2.14. The van der Waals surface area contributed by atoms with Crippen LogP contribution in [0.4, 0.5) is 5.69 Å². The van der Waals surface area contributed by atoms with Crippen LogP contribution >= 0.6 is 11.6 Å². The lowest BCUT2D eigenvalue weighted by atomic mass is 10.2. The number of rotatable bonds is 6. The average Bonchev–Trinajstić information content (AvgIpc) is 3.16. The zero-order valence-electron chi connectivity index (χ0n) is 11.3. The molecule has 1 N–H and O–H groups in total.